The van der Waals surface area contributed by atoms with Crippen molar-refractivity contribution >= 4 is 5.82 Å². The minimum atomic E-state index is 0.681. The Morgan fingerprint density at radius 1 is 1.28 bits per heavy atom. The number of hydrogen-bond donors (Lipinski definition) is 0. The van der Waals surface area contributed by atoms with Crippen molar-refractivity contribution in [1.29, 1.82) is 0 Å². The van der Waals surface area contributed by atoms with Crippen LogP contribution in [0.2, 0.25) is 0 Å². The van der Waals surface area contributed by atoms with Gasteiger partial charge in [-0.3, -0.25) is 4.90 Å². The first-order valence-electron chi connectivity index (χ1n) is 7.17. The molecule has 0 amide bonds. The molecule has 1 aromatic heterocycles. The molecule has 1 atom stereocenters. The Hall–Kier alpha value is -1.09. The van der Waals surface area contributed by atoms with E-state index in [4.69, 9.17) is 0 Å². The summed E-state index contributed by atoms with van der Waals surface area (Å²) in [5.41, 5.74) is 1.11. The Kier molecular flexibility index (Phi) is 4.59. The number of hydrogen-bond acceptors (Lipinski definition) is 3. The lowest BCUT2D eigenvalue weighted by Crippen LogP contribution is -2.53. The quantitative estimate of drug-likeness (QED) is 0.815. The molecule has 100 valence electrons. The molecule has 3 nitrogen and oxygen atoms in total. The number of anilines is 1. The second kappa shape index (κ2) is 6.19. The molecule has 0 spiro atoms. The second-order valence-corrected chi connectivity index (χ2v) is 5.18. The SMILES string of the molecule is CCCN1CCN(c2cccc(C)n2)CC1CC. The van der Waals surface area contributed by atoms with Crippen molar-refractivity contribution < 1.29 is 0 Å². The molecule has 2 heterocycles. The minimum Gasteiger partial charge on any atom is -0.354 e. The van der Waals surface area contributed by atoms with Gasteiger partial charge in [-0.2, -0.15) is 0 Å². The van der Waals surface area contributed by atoms with E-state index in [0.717, 1.165) is 24.6 Å². The fourth-order valence-electron chi connectivity index (χ4n) is 2.77. The molecule has 1 unspecified atom stereocenters. The van der Waals surface area contributed by atoms with Gasteiger partial charge in [0.1, 0.15) is 5.82 Å². The van der Waals surface area contributed by atoms with Crippen LogP contribution in [0.25, 0.3) is 0 Å². The molecule has 0 bridgehead atoms. The van der Waals surface area contributed by atoms with Crippen LogP contribution >= 0.6 is 0 Å². The Balaban J connectivity index is 2.05. The molecule has 0 aliphatic carbocycles. The van der Waals surface area contributed by atoms with E-state index in [1.807, 2.05) is 0 Å². The molecular formula is C15H25N3. The highest BCUT2D eigenvalue weighted by Crippen LogP contribution is 2.19. The largest absolute Gasteiger partial charge is 0.354 e. The van der Waals surface area contributed by atoms with Crippen LogP contribution in [-0.2, 0) is 0 Å². The third kappa shape index (κ3) is 3.02. The number of piperazine rings is 1. The van der Waals surface area contributed by atoms with E-state index in [0.29, 0.717) is 6.04 Å². The number of aryl methyl sites for hydroxylation is 1. The zero-order valence-electron chi connectivity index (χ0n) is 11.9. The summed E-state index contributed by atoms with van der Waals surface area (Å²) in [5, 5.41) is 0. The Labute approximate surface area is 111 Å². The zero-order chi connectivity index (χ0) is 13.0. The summed E-state index contributed by atoms with van der Waals surface area (Å²) < 4.78 is 0. The predicted octanol–water partition coefficient (Wildman–Crippen LogP) is 2.70. The van der Waals surface area contributed by atoms with Crippen molar-refractivity contribution in [2.24, 2.45) is 0 Å². The van der Waals surface area contributed by atoms with E-state index >= 15 is 0 Å². The number of pyridine rings is 1. The van der Waals surface area contributed by atoms with Crippen molar-refractivity contribution in [3.05, 3.63) is 23.9 Å². The summed E-state index contributed by atoms with van der Waals surface area (Å²) in [5.74, 6) is 1.14. The van der Waals surface area contributed by atoms with Gasteiger partial charge in [0, 0.05) is 31.4 Å². The minimum absolute atomic E-state index is 0.681. The fraction of sp³-hybridized carbons (Fsp3) is 0.667. The standard InChI is InChI=1S/C15H25N3/c1-4-9-17-10-11-18(12-14(17)5-2)15-8-6-7-13(3)16-15/h6-8,14H,4-5,9-12H2,1-3H3. The summed E-state index contributed by atoms with van der Waals surface area (Å²) in [7, 11) is 0. The monoisotopic (exact) mass is 247 g/mol. The van der Waals surface area contributed by atoms with Crippen LogP contribution in [0.5, 0.6) is 0 Å². The maximum atomic E-state index is 4.64. The van der Waals surface area contributed by atoms with Crippen molar-refractivity contribution in [1.82, 2.24) is 9.88 Å². The van der Waals surface area contributed by atoms with Gasteiger partial charge in [0.15, 0.2) is 0 Å². The zero-order valence-corrected chi connectivity index (χ0v) is 11.9. The molecule has 1 aliphatic rings. The molecule has 0 radical (unpaired) electrons. The van der Waals surface area contributed by atoms with Gasteiger partial charge in [-0.1, -0.05) is 19.9 Å². The van der Waals surface area contributed by atoms with E-state index < -0.39 is 0 Å². The van der Waals surface area contributed by atoms with Gasteiger partial charge in [0.2, 0.25) is 0 Å². The summed E-state index contributed by atoms with van der Waals surface area (Å²) in [4.78, 5) is 9.71. The summed E-state index contributed by atoms with van der Waals surface area (Å²) >= 11 is 0. The summed E-state index contributed by atoms with van der Waals surface area (Å²) in [6.07, 6.45) is 2.47. The van der Waals surface area contributed by atoms with Crippen LogP contribution in [0.15, 0.2) is 18.2 Å². The molecular weight excluding hydrogens is 222 g/mol. The fourth-order valence-corrected chi connectivity index (χ4v) is 2.77. The highest BCUT2D eigenvalue weighted by atomic mass is 15.3. The van der Waals surface area contributed by atoms with E-state index in [2.05, 4.69) is 53.8 Å². The van der Waals surface area contributed by atoms with E-state index in [1.165, 1.54) is 25.9 Å². The number of nitrogens with zero attached hydrogens (tertiary/aromatic N) is 3. The Morgan fingerprint density at radius 3 is 2.78 bits per heavy atom. The van der Waals surface area contributed by atoms with Crippen LogP contribution in [0.4, 0.5) is 5.82 Å². The molecule has 0 N–H and O–H groups in total. The van der Waals surface area contributed by atoms with Crippen molar-refractivity contribution in [2.45, 2.75) is 39.7 Å². The molecule has 18 heavy (non-hydrogen) atoms. The van der Waals surface area contributed by atoms with Crippen LogP contribution < -0.4 is 4.90 Å². The molecule has 1 aromatic rings. The van der Waals surface area contributed by atoms with E-state index in [9.17, 15) is 0 Å². The lowest BCUT2D eigenvalue weighted by atomic mass is 10.1. The molecule has 1 saturated heterocycles. The second-order valence-electron chi connectivity index (χ2n) is 5.18. The van der Waals surface area contributed by atoms with Crippen LogP contribution in [-0.4, -0.2) is 42.1 Å². The Bertz CT molecular complexity index is 378. The molecule has 2 rings (SSSR count). The maximum Gasteiger partial charge on any atom is 0.128 e. The van der Waals surface area contributed by atoms with Gasteiger partial charge >= 0.3 is 0 Å². The average molecular weight is 247 g/mol. The van der Waals surface area contributed by atoms with Crippen LogP contribution in [0.1, 0.15) is 32.4 Å². The summed E-state index contributed by atoms with van der Waals surface area (Å²) in [6, 6.07) is 6.99. The van der Waals surface area contributed by atoms with Crippen LogP contribution in [0.3, 0.4) is 0 Å². The van der Waals surface area contributed by atoms with Gasteiger partial charge in [0.25, 0.3) is 0 Å². The van der Waals surface area contributed by atoms with Crippen molar-refractivity contribution in [3.8, 4) is 0 Å². The topological polar surface area (TPSA) is 19.4 Å². The van der Waals surface area contributed by atoms with Gasteiger partial charge < -0.3 is 4.90 Å². The smallest absolute Gasteiger partial charge is 0.128 e. The predicted molar refractivity (Wildman–Crippen MR) is 77.1 cm³/mol. The third-order valence-corrected chi connectivity index (χ3v) is 3.78. The van der Waals surface area contributed by atoms with Crippen molar-refractivity contribution in [3.63, 3.8) is 0 Å². The molecule has 1 aliphatic heterocycles. The first-order valence-corrected chi connectivity index (χ1v) is 7.17. The molecule has 1 fully saturated rings. The maximum absolute atomic E-state index is 4.64. The van der Waals surface area contributed by atoms with Crippen LogP contribution in [0, 0.1) is 6.92 Å². The van der Waals surface area contributed by atoms with Gasteiger partial charge in [-0.15, -0.1) is 0 Å². The summed E-state index contributed by atoms with van der Waals surface area (Å²) in [6.45, 7) is 11.2. The van der Waals surface area contributed by atoms with E-state index in [1.54, 1.807) is 0 Å². The molecule has 0 saturated carbocycles. The molecule has 3 heteroatoms. The number of rotatable bonds is 4. The van der Waals surface area contributed by atoms with Gasteiger partial charge in [-0.05, 0) is 38.4 Å². The highest BCUT2D eigenvalue weighted by molar-refractivity contribution is 5.40. The van der Waals surface area contributed by atoms with Gasteiger partial charge in [0.05, 0.1) is 0 Å². The first kappa shape index (κ1) is 13.3. The average Bonchev–Trinajstić information content (AvgIpc) is 2.39. The highest BCUT2D eigenvalue weighted by Gasteiger charge is 2.25. The van der Waals surface area contributed by atoms with Crippen molar-refractivity contribution in [2.75, 3.05) is 31.1 Å². The lowest BCUT2D eigenvalue weighted by molar-refractivity contribution is 0.172. The normalized spacial score (nSPS) is 21.3. The first-order chi connectivity index (χ1) is 8.74. The van der Waals surface area contributed by atoms with Gasteiger partial charge in [-0.25, -0.2) is 4.98 Å². The Morgan fingerprint density at radius 2 is 2.11 bits per heavy atom. The lowest BCUT2D eigenvalue weighted by Gasteiger charge is -2.41. The number of aromatic nitrogens is 1. The van der Waals surface area contributed by atoms with E-state index in [-0.39, 0.29) is 0 Å². The third-order valence-electron chi connectivity index (χ3n) is 3.78. The molecule has 0 aromatic carbocycles.